The van der Waals surface area contributed by atoms with Crippen LogP contribution < -0.4 is 16.4 Å². The number of nitrogens with two attached hydrogens (primary N) is 1. The molecule has 1 aromatic rings. The standard InChI is InChI=1S/C12H19N3O2S/c1-9(13)4-6-14-11(16)5-7-15-12(17)10-3-2-8-18-10/h2-3,8-9H,4-7,13H2,1H3,(H,14,16)(H,15,17). The van der Waals surface area contributed by atoms with Crippen LogP contribution in [0.3, 0.4) is 0 Å². The number of carbonyl (C=O) groups excluding carboxylic acids is 2. The van der Waals surface area contributed by atoms with Crippen molar-refractivity contribution >= 4 is 23.2 Å². The average Bonchev–Trinajstić information content (AvgIpc) is 2.81. The number of thiophene rings is 1. The summed E-state index contributed by atoms with van der Waals surface area (Å²) in [6.45, 7) is 2.82. The Morgan fingerprint density at radius 3 is 2.78 bits per heavy atom. The zero-order chi connectivity index (χ0) is 13.4. The Morgan fingerprint density at radius 2 is 2.17 bits per heavy atom. The van der Waals surface area contributed by atoms with Gasteiger partial charge in [-0.1, -0.05) is 6.07 Å². The Labute approximate surface area is 111 Å². The van der Waals surface area contributed by atoms with Crippen molar-refractivity contribution in [1.82, 2.24) is 10.6 Å². The molecule has 0 aliphatic rings. The summed E-state index contributed by atoms with van der Waals surface area (Å²) in [6.07, 6.45) is 1.05. The molecule has 100 valence electrons. The number of rotatable bonds is 7. The molecule has 4 N–H and O–H groups in total. The molecular formula is C12H19N3O2S. The lowest BCUT2D eigenvalue weighted by Crippen LogP contribution is -2.32. The van der Waals surface area contributed by atoms with Gasteiger partial charge in [-0.2, -0.15) is 0 Å². The van der Waals surface area contributed by atoms with E-state index in [0.29, 0.717) is 18.0 Å². The fraction of sp³-hybridized carbons (Fsp3) is 0.500. The van der Waals surface area contributed by atoms with E-state index in [1.165, 1.54) is 11.3 Å². The first-order valence-electron chi connectivity index (χ1n) is 5.93. The Balaban J connectivity index is 2.10. The van der Waals surface area contributed by atoms with Crippen molar-refractivity contribution in [2.75, 3.05) is 13.1 Å². The Hall–Kier alpha value is -1.40. The minimum absolute atomic E-state index is 0.0675. The van der Waals surface area contributed by atoms with Gasteiger partial charge in [0.2, 0.25) is 5.91 Å². The molecule has 1 atom stereocenters. The Kier molecular flexibility index (Phi) is 6.38. The molecule has 5 nitrogen and oxygen atoms in total. The van der Waals surface area contributed by atoms with E-state index in [4.69, 9.17) is 5.73 Å². The molecule has 0 saturated carbocycles. The van der Waals surface area contributed by atoms with E-state index < -0.39 is 0 Å². The van der Waals surface area contributed by atoms with Gasteiger partial charge >= 0.3 is 0 Å². The molecule has 6 heteroatoms. The average molecular weight is 269 g/mol. The van der Waals surface area contributed by atoms with Crippen LogP contribution in [0.15, 0.2) is 17.5 Å². The number of hydrogen-bond donors (Lipinski definition) is 3. The van der Waals surface area contributed by atoms with Crippen LogP contribution in [0.25, 0.3) is 0 Å². The molecule has 1 heterocycles. The molecule has 0 saturated heterocycles. The second kappa shape index (κ2) is 7.84. The molecule has 1 unspecified atom stereocenters. The topological polar surface area (TPSA) is 84.2 Å². The lowest BCUT2D eigenvalue weighted by atomic mass is 10.2. The first kappa shape index (κ1) is 14.7. The highest BCUT2D eigenvalue weighted by molar-refractivity contribution is 7.12. The maximum Gasteiger partial charge on any atom is 0.261 e. The minimum atomic E-state index is -0.131. The Morgan fingerprint density at radius 1 is 1.39 bits per heavy atom. The molecule has 1 rings (SSSR count). The van der Waals surface area contributed by atoms with Gasteiger partial charge in [0.15, 0.2) is 0 Å². The van der Waals surface area contributed by atoms with Gasteiger partial charge in [-0.15, -0.1) is 11.3 Å². The molecule has 2 amide bonds. The van der Waals surface area contributed by atoms with Gasteiger partial charge in [0.05, 0.1) is 4.88 Å². The predicted octanol–water partition coefficient (Wildman–Crippen LogP) is 0.721. The molecule has 0 aliphatic carbocycles. The van der Waals surface area contributed by atoms with Crippen LogP contribution in [-0.4, -0.2) is 30.9 Å². The van der Waals surface area contributed by atoms with E-state index in [-0.39, 0.29) is 24.3 Å². The van der Waals surface area contributed by atoms with E-state index in [9.17, 15) is 9.59 Å². The van der Waals surface area contributed by atoms with Crippen molar-refractivity contribution in [2.24, 2.45) is 5.73 Å². The highest BCUT2D eigenvalue weighted by Crippen LogP contribution is 2.07. The fourth-order valence-corrected chi connectivity index (χ4v) is 1.95. The first-order valence-corrected chi connectivity index (χ1v) is 6.81. The first-order chi connectivity index (χ1) is 8.59. The van der Waals surface area contributed by atoms with Gasteiger partial charge in [0.25, 0.3) is 5.91 Å². The summed E-state index contributed by atoms with van der Waals surface area (Å²) in [5.41, 5.74) is 5.57. The van der Waals surface area contributed by atoms with Crippen LogP contribution in [0.4, 0.5) is 0 Å². The molecule has 0 radical (unpaired) electrons. The molecule has 18 heavy (non-hydrogen) atoms. The second-order valence-corrected chi connectivity index (χ2v) is 5.05. The molecule has 0 fully saturated rings. The largest absolute Gasteiger partial charge is 0.356 e. The molecule has 0 aliphatic heterocycles. The molecule has 1 aromatic heterocycles. The molecule has 0 bridgehead atoms. The van der Waals surface area contributed by atoms with Crippen molar-refractivity contribution in [3.05, 3.63) is 22.4 Å². The maximum atomic E-state index is 11.5. The van der Waals surface area contributed by atoms with Crippen molar-refractivity contribution in [1.29, 1.82) is 0 Å². The SMILES string of the molecule is CC(N)CCNC(=O)CCNC(=O)c1cccs1. The number of nitrogens with one attached hydrogen (secondary N) is 2. The lowest BCUT2D eigenvalue weighted by Gasteiger charge is -2.07. The molecule has 0 spiro atoms. The van der Waals surface area contributed by atoms with E-state index in [2.05, 4.69) is 10.6 Å². The summed E-state index contributed by atoms with van der Waals surface area (Å²) in [6, 6.07) is 3.66. The Bertz CT molecular complexity index is 377. The molecule has 0 aromatic carbocycles. The van der Waals surface area contributed by atoms with Gasteiger partial charge in [-0.25, -0.2) is 0 Å². The normalized spacial score (nSPS) is 11.9. The van der Waals surface area contributed by atoms with Crippen molar-refractivity contribution in [2.45, 2.75) is 25.8 Å². The number of hydrogen-bond acceptors (Lipinski definition) is 4. The zero-order valence-corrected chi connectivity index (χ0v) is 11.3. The predicted molar refractivity (Wildman–Crippen MR) is 72.5 cm³/mol. The van der Waals surface area contributed by atoms with Crippen LogP contribution in [-0.2, 0) is 4.79 Å². The van der Waals surface area contributed by atoms with E-state index in [0.717, 1.165) is 6.42 Å². The van der Waals surface area contributed by atoms with Gasteiger partial charge in [0.1, 0.15) is 0 Å². The van der Waals surface area contributed by atoms with E-state index in [1.54, 1.807) is 6.07 Å². The summed E-state index contributed by atoms with van der Waals surface area (Å²) in [7, 11) is 0. The quantitative estimate of drug-likeness (QED) is 0.682. The third kappa shape index (κ3) is 5.79. The third-order valence-electron chi connectivity index (χ3n) is 2.30. The highest BCUT2D eigenvalue weighted by Gasteiger charge is 2.07. The van der Waals surface area contributed by atoms with Crippen LogP contribution in [0.2, 0.25) is 0 Å². The highest BCUT2D eigenvalue weighted by atomic mass is 32.1. The van der Waals surface area contributed by atoms with Crippen molar-refractivity contribution in [3.8, 4) is 0 Å². The van der Waals surface area contributed by atoms with Gasteiger partial charge in [-0.05, 0) is 24.8 Å². The number of amides is 2. The van der Waals surface area contributed by atoms with Gasteiger partial charge < -0.3 is 16.4 Å². The van der Waals surface area contributed by atoms with E-state index in [1.807, 2.05) is 18.4 Å². The fourth-order valence-electron chi connectivity index (χ4n) is 1.31. The summed E-state index contributed by atoms with van der Waals surface area (Å²) >= 11 is 1.38. The van der Waals surface area contributed by atoms with Crippen molar-refractivity contribution in [3.63, 3.8) is 0 Å². The third-order valence-corrected chi connectivity index (χ3v) is 3.17. The summed E-state index contributed by atoms with van der Waals surface area (Å²) in [5.74, 6) is -0.199. The smallest absolute Gasteiger partial charge is 0.261 e. The summed E-state index contributed by atoms with van der Waals surface area (Å²) in [5, 5.41) is 7.30. The van der Waals surface area contributed by atoms with Gasteiger partial charge in [0, 0.05) is 25.6 Å². The van der Waals surface area contributed by atoms with E-state index >= 15 is 0 Å². The minimum Gasteiger partial charge on any atom is -0.356 e. The van der Waals surface area contributed by atoms with Crippen LogP contribution in [0, 0.1) is 0 Å². The second-order valence-electron chi connectivity index (χ2n) is 4.10. The van der Waals surface area contributed by atoms with Crippen LogP contribution >= 0.6 is 11.3 Å². The van der Waals surface area contributed by atoms with Crippen LogP contribution in [0.5, 0.6) is 0 Å². The lowest BCUT2D eigenvalue weighted by molar-refractivity contribution is -0.120. The summed E-state index contributed by atoms with van der Waals surface area (Å²) < 4.78 is 0. The zero-order valence-electron chi connectivity index (χ0n) is 10.4. The number of carbonyl (C=O) groups is 2. The molecular weight excluding hydrogens is 250 g/mol. The maximum absolute atomic E-state index is 11.5. The van der Waals surface area contributed by atoms with Crippen LogP contribution in [0.1, 0.15) is 29.4 Å². The monoisotopic (exact) mass is 269 g/mol. The van der Waals surface area contributed by atoms with Gasteiger partial charge in [-0.3, -0.25) is 9.59 Å². The van der Waals surface area contributed by atoms with Crippen molar-refractivity contribution < 1.29 is 9.59 Å². The summed E-state index contributed by atoms with van der Waals surface area (Å²) in [4.78, 5) is 23.6.